The lowest BCUT2D eigenvalue weighted by atomic mass is 10.1. The van der Waals surface area contributed by atoms with Crippen molar-refractivity contribution in [1.29, 1.82) is 0 Å². The first kappa shape index (κ1) is 15.4. The smallest absolute Gasteiger partial charge is 0.220 e. The summed E-state index contributed by atoms with van der Waals surface area (Å²) >= 11 is 0. The first-order valence-electron chi connectivity index (χ1n) is 7.66. The number of nitrogens with zero attached hydrogens (tertiary/aromatic N) is 2. The Bertz CT molecular complexity index is 724. The molecular formula is C17H21N3O3. The van der Waals surface area contributed by atoms with Gasteiger partial charge in [-0.3, -0.25) is 4.79 Å². The number of hydrogen-bond donors (Lipinski definition) is 1. The van der Waals surface area contributed by atoms with E-state index < -0.39 is 0 Å². The van der Waals surface area contributed by atoms with Crippen molar-refractivity contribution < 1.29 is 14.3 Å². The Kier molecular flexibility index (Phi) is 4.23. The number of aryl methyl sites for hydroxylation is 1. The number of amides is 1. The van der Waals surface area contributed by atoms with E-state index in [1.165, 1.54) is 0 Å². The Morgan fingerprint density at radius 2 is 2.17 bits per heavy atom. The predicted molar refractivity (Wildman–Crippen MR) is 86.7 cm³/mol. The molecule has 2 heterocycles. The van der Waals surface area contributed by atoms with Gasteiger partial charge in [0.1, 0.15) is 5.82 Å². The van der Waals surface area contributed by atoms with E-state index in [2.05, 4.69) is 10.3 Å². The summed E-state index contributed by atoms with van der Waals surface area (Å²) in [6, 6.07) is 4.12. The summed E-state index contributed by atoms with van der Waals surface area (Å²) in [6.45, 7) is 2.70. The Balaban J connectivity index is 1.98. The molecule has 0 spiro atoms. The lowest BCUT2D eigenvalue weighted by Gasteiger charge is -2.17. The van der Waals surface area contributed by atoms with Gasteiger partial charge in [-0.05, 0) is 31.0 Å². The molecular weight excluding hydrogens is 294 g/mol. The lowest BCUT2D eigenvalue weighted by Crippen LogP contribution is -2.29. The van der Waals surface area contributed by atoms with Crippen LogP contribution in [0, 0.1) is 6.92 Å². The molecule has 0 saturated carbocycles. The average molecular weight is 315 g/mol. The van der Waals surface area contributed by atoms with Gasteiger partial charge >= 0.3 is 0 Å². The number of methoxy groups -OCH3 is 2. The van der Waals surface area contributed by atoms with E-state index >= 15 is 0 Å². The van der Waals surface area contributed by atoms with E-state index in [4.69, 9.17) is 9.47 Å². The largest absolute Gasteiger partial charge is 0.493 e. The number of hydrogen-bond acceptors (Lipinski definition) is 4. The maximum Gasteiger partial charge on any atom is 0.220 e. The molecule has 2 aromatic rings. The van der Waals surface area contributed by atoms with E-state index in [0.29, 0.717) is 24.5 Å². The van der Waals surface area contributed by atoms with Gasteiger partial charge in [-0.1, -0.05) is 0 Å². The number of aromatic nitrogens is 2. The van der Waals surface area contributed by atoms with E-state index in [-0.39, 0.29) is 11.9 Å². The minimum Gasteiger partial charge on any atom is -0.493 e. The molecule has 1 amide bonds. The van der Waals surface area contributed by atoms with Gasteiger partial charge in [0.15, 0.2) is 11.5 Å². The fourth-order valence-electron chi connectivity index (χ4n) is 3.02. The fourth-order valence-corrected chi connectivity index (χ4v) is 3.02. The number of ether oxygens (including phenoxy) is 2. The second-order valence-electron chi connectivity index (χ2n) is 5.75. The molecule has 0 aliphatic carbocycles. The van der Waals surface area contributed by atoms with Crippen molar-refractivity contribution in [3.63, 3.8) is 0 Å². The highest BCUT2D eigenvalue weighted by molar-refractivity contribution is 5.78. The van der Waals surface area contributed by atoms with Gasteiger partial charge in [-0.15, -0.1) is 0 Å². The van der Waals surface area contributed by atoms with Crippen LogP contribution in [0.25, 0.3) is 11.4 Å². The van der Waals surface area contributed by atoms with Crippen LogP contribution >= 0.6 is 0 Å². The third-order valence-electron chi connectivity index (χ3n) is 4.08. The summed E-state index contributed by atoms with van der Waals surface area (Å²) in [5.74, 6) is 2.28. The monoisotopic (exact) mass is 315 g/mol. The standard InChI is InChI=1S/C17H21N3O3/c1-11-8-13(16(23-3)14(9-11)22-2)17-18-6-7-20(17)10-12-4-5-15(21)19-12/h6-9,12H,4-5,10H2,1-3H3,(H,19,21). The van der Waals surface area contributed by atoms with Crippen LogP contribution in [0.4, 0.5) is 0 Å². The van der Waals surface area contributed by atoms with Gasteiger partial charge in [-0.25, -0.2) is 4.98 Å². The number of imidazole rings is 1. The van der Waals surface area contributed by atoms with E-state index in [1.54, 1.807) is 20.4 Å². The van der Waals surface area contributed by atoms with E-state index in [9.17, 15) is 4.79 Å². The van der Waals surface area contributed by atoms with Crippen molar-refractivity contribution in [2.45, 2.75) is 32.4 Å². The van der Waals surface area contributed by atoms with Gasteiger partial charge < -0.3 is 19.4 Å². The molecule has 122 valence electrons. The second-order valence-corrected chi connectivity index (χ2v) is 5.75. The first-order chi connectivity index (χ1) is 11.1. The molecule has 3 rings (SSSR count). The third kappa shape index (κ3) is 3.02. The number of rotatable bonds is 5. The maximum absolute atomic E-state index is 11.4. The molecule has 1 fully saturated rings. The molecule has 0 bridgehead atoms. The SMILES string of the molecule is COc1cc(C)cc(-c2nccn2CC2CCC(=O)N2)c1OC. The summed E-state index contributed by atoms with van der Waals surface area (Å²) in [4.78, 5) is 15.9. The summed E-state index contributed by atoms with van der Waals surface area (Å²) in [7, 11) is 3.25. The van der Waals surface area contributed by atoms with Crippen molar-refractivity contribution in [2.24, 2.45) is 0 Å². The normalized spacial score (nSPS) is 17.2. The molecule has 1 saturated heterocycles. The highest BCUT2D eigenvalue weighted by Crippen LogP contribution is 2.38. The Morgan fingerprint density at radius 3 is 2.83 bits per heavy atom. The van der Waals surface area contributed by atoms with Crippen LogP contribution in [0.3, 0.4) is 0 Å². The highest BCUT2D eigenvalue weighted by atomic mass is 16.5. The summed E-state index contributed by atoms with van der Waals surface area (Å²) in [5, 5.41) is 2.99. The summed E-state index contributed by atoms with van der Waals surface area (Å²) in [6.07, 6.45) is 5.13. The molecule has 1 N–H and O–H groups in total. The molecule has 23 heavy (non-hydrogen) atoms. The number of benzene rings is 1. The molecule has 6 nitrogen and oxygen atoms in total. The highest BCUT2D eigenvalue weighted by Gasteiger charge is 2.23. The van der Waals surface area contributed by atoms with Crippen LogP contribution in [0.15, 0.2) is 24.5 Å². The minimum absolute atomic E-state index is 0.117. The van der Waals surface area contributed by atoms with Gasteiger partial charge in [0.25, 0.3) is 0 Å². The minimum atomic E-state index is 0.117. The molecule has 1 aliphatic rings. The van der Waals surface area contributed by atoms with Crippen LogP contribution in [-0.2, 0) is 11.3 Å². The molecule has 6 heteroatoms. The van der Waals surface area contributed by atoms with Crippen LogP contribution < -0.4 is 14.8 Å². The van der Waals surface area contributed by atoms with E-state index in [0.717, 1.165) is 23.4 Å². The number of carbonyl (C=O) groups is 1. The average Bonchev–Trinajstić information content (AvgIpc) is 3.15. The maximum atomic E-state index is 11.4. The van der Waals surface area contributed by atoms with Crippen LogP contribution in [0.1, 0.15) is 18.4 Å². The van der Waals surface area contributed by atoms with Gasteiger partial charge in [0, 0.05) is 31.4 Å². The van der Waals surface area contributed by atoms with Crippen molar-refractivity contribution in [2.75, 3.05) is 14.2 Å². The Morgan fingerprint density at radius 1 is 1.35 bits per heavy atom. The molecule has 1 aromatic carbocycles. The van der Waals surface area contributed by atoms with Crippen LogP contribution in [0.5, 0.6) is 11.5 Å². The zero-order valence-electron chi connectivity index (χ0n) is 13.6. The van der Waals surface area contributed by atoms with Crippen molar-refractivity contribution >= 4 is 5.91 Å². The third-order valence-corrected chi connectivity index (χ3v) is 4.08. The second kappa shape index (κ2) is 6.32. The Hall–Kier alpha value is -2.50. The molecule has 1 unspecified atom stereocenters. The molecule has 0 radical (unpaired) electrons. The zero-order valence-corrected chi connectivity index (χ0v) is 13.6. The van der Waals surface area contributed by atoms with Crippen molar-refractivity contribution in [1.82, 2.24) is 14.9 Å². The quantitative estimate of drug-likeness (QED) is 0.918. The van der Waals surface area contributed by atoms with E-state index in [1.807, 2.05) is 29.8 Å². The summed E-state index contributed by atoms with van der Waals surface area (Å²) < 4.78 is 13.0. The zero-order chi connectivity index (χ0) is 16.4. The molecule has 1 aromatic heterocycles. The number of nitrogens with one attached hydrogen (secondary N) is 1. The van der Waals surface area contributed by atoms with Gasteiger partial charge in [-0.2, -0.15) is 0 Å². The van der Waals surface area contributed by atoms with Gasteiger partial charge in [0.05, 0.1) is 19.8 Å². The molecule has 1 atom stereocenters. The predicted octanol–water partition coefficient (Wildman–Crippen LogP) is 2.15. The van der Waals surface area contributed by atoms with Crippen molar-refractivity contribution in [3.8, 4) is 22.9 Å². The molecule has 1 aliphatic heterocycles. The fraction of sp³-hybridized carbons (Fsp3) is 0.412. The Labute approximate surface area is 135 Å². The lowest BCUT2D eigenvalue weighted by molar-refractivity contribution is -0.119. The topological polar surface area (TPSA) is 65.4 Å². The van der Waals surface area contributed by atoms with Crippen LogP contribution in [0.2, 0.25) is 0 Å². The first-order valence-corrected chi connectivity index (χ1v) is 7.66. The van der Waals surface area contributed by atoms with Gasteiger partial charge in [0.2, 0.25) is 5.91 Å². The van der Waals surface area contributed by atoms with Crippen LogP contribution in [-0.4, -0.2) is 35.7 Å². The van der Waals surface area contributed by atoms with Crippen molar-refractivity contribution in [3.05, 3.63) is 30.1 Å². The number of carbonyl (C=O) groups excluding carboxylic acids is 1. The summed E-state index contributed by atoms with van der Waals surface area (Å²) in [5.41, 5.74) is 1.96.